The van der Waals surface area contributed by atoms with Crippen LogP contribution in [0.5, 0.6) is 0 Å². The van der Waals surface area contributed by atoms with Gasteiger partial charge in [0.25, 0.3) is 0 Å². The minimum absolute atomic E-state index is 0.189. The van der Waals surface area contributed by atoms with Crippen molar-refractivity contribution in [3.63, 3.8) is 0 Å². The van der Waals surface area contributed by atoms with Crippen molar-refractivity contribution in [3.8, 4) is 0 Å². The number of carboxylic acids is 1. The summed E-state index contributed by atoms with van der Waals surface area (Å²) in [7, 11) is 3.65. The second kappa shape index (κ2) is 8.36. The molecule has 8 nitrogen and oxygen atoms in total. The average Bonchev–Trinajstić information content (AvgIpc) is 2.29. The smallest absolute Gasteiger partial charge is 0.323 e. The number of carboxylic acid groups (broad SMARTS) is 1. The van der Waals surface area contributed by atoms with Gasteiger partial charge in [0.15, 0.2) is 0 Å². The Bertz CT molecular complexity index is 357. The van der Waals surface area contributed by atoms with Gasteiger partial charge in [-0.15, -0.1) is 0 Å². The fourth-order valence-electron chi connectivity index (χ4n) is 1.61. The first-order valence-corrected chi connectivity index (χ1v) is 6.36. The van der Waals surface area contributed by atoms with Crippen LogP contribution in [0, 0.1) is 5.92 Å². The van der Waals surface area contributed by atoms with E-state index in [2.05, 4.69) is 5.32 Å². The molecule has 0 aliphatic carbocycles. The van der Waals surface area contributed by atoms with Crippen LogP contribution in [0.2, 0.25) is 0 Å². The summed E-state index contributed by atoms with van der Waals surface area (Å²) < 4.78 is 0. The maximum absolute atomic E-state index is 12.3. The molecule has 3 amide bonds. The number of nitrogens with two attached hydrogens (primary N) is 1. The second-order valence-electron chi connectivity index (χ2n) is 5.19. The second-order valence-corrected chi connectivity index (χ2v) is 5.19. The van der Waals surface area contributed by atoms with Crippen molar-refractivity contribution in [1.29, 1.82) is 0 Å². The minimum atomic E-state index is -1.10. The summed E-state index contributed by atoms with van der Waals surface area (Å²) in [6.07, 6.45) is 0. The van der Waals surface area contributed by atoms with Gasteiger partial charge < -0.3 is 26.0 Å². The van der Waals surface area contributed by atoms with Crippen molar-refractivity contribution in [2.24, 2.45) is 11.7 Å². The lowest BCUT2D eigenvalue weighted by atomic mass is 10.0. The molecule has 0 heterocycles. The molecule has 0 radical (unpaired) electrons. The van der Waals surface area contributed by atoms with Gasteiger partial charge in [-0.25, -0.2) is 4.79 Å². The molecule has 0 aromatic heterocycles. The van der Waals surface area contributed by atoms with Gasteiger partial charge in [0, 0.05) is 13.1 Å². The van der Waals surface area contributed by atoms with Crippen LogP contribution in [0.3, 0.4) is 0 Å². The highest BCUT2D eigenvalue weighted by Crippen LogP contribution is 2.06. The monoisotopic (exact) mass is 288 g/mol. The number of hydrogen-bond donors (Lipinski definition) is 3. The molecule has 0 saturated carbocycles. The zero-order valence-corrected chi connectivity index (χ0v) is 12.4. The van der Waals surface area contributed by atoms with E-state index < -0.39 is 30.5 Å². The average molecular weight is 288 g/mol. The summed E-state index contributed by atoms with van der Waals surface area (Å²) in [5.74, 6) is -1.73. The van der Waals surface area contributed by atoms with Crippen molar-refractivity contribution in [2.75, 3.05) is 33.7 Å². The zero-order chi connectivity index (χ0) is 15.9. The number of primary amides is 1. The lowest BCUT2D eigenvalue weighted by Crippen LogP contribution is -2.54. The third kappa shape index (κ3) is 6.93. The highest BCUT2D eigenvalue weighted by atomic mass is 16.4. The molecule has 0 aromatic rings. The molecule has 0 aliphatic heterocycles. The van der Waals surface area contributed by atoms with E-state index in [-0.39, 0.29) is 12.5 Å². The highest BCUT2D eigenvalue weighted by molar-refractivity contribution is 5.88. The maximum Gasteiger partial charge on any atom is 0.323 e. The number of amides is 3. The topological polar surface area (TPSA) is 116 Å². The molecule has 0 saturated heterocycles. The molecule has 1 atom stereocenters. The molecule has 116 valence electrons. The fraction of sp³-hybridized carbons (Fsp3) is 0.750. The van der Waals surface area contributed by atoms with Gasteiger partial charge >= 0.3 is 12.0 Å². The van der Waals surface area contributed by atoms with Crippen molar-refractivity contribution in [3.05, 3.63) is 0 Å². The third-order valence-electron chi connectivity index (χ3n) is 2.69. The number of nitrogens with zero attached hydrogens (tertiary/aromatic N) is 2. The summed E-state index contributed by atoms with van der Waals surface area (Å²) in [5, 5.41) is 11.2. The summed E-state index contributed by atoms with van der Waals surface area (Å²) in [4.78, 5) is 37.2. The number of rotatable bonds is 8. The number of carbonyl (C=O) groups excluding carboxylic acids is 2. The minimum Gasteiger partial charge on any atom is -0.480 e. The number of hydrogen-bond acceptors (Lipinski definition) is 4. The first-order chi connectivity index (χ1) is 9.15. The number of carbonyl (C=O) groups is 3. The molecule has 0 rings (SSSR count). The van der Waals surface area contributed by atoms with Crippen molar-refractivity contribution in [1.82, 2.24) is 15.1 Å². The largest absolute Gasteiger partial charge is 0.480 e. The quantitative estimate of drug-likeness (QED) is 0.538. The molecular formula is C12H24N4O4. The predicted molar refractivity (Wildman–Crippen MR) is 74.1 cm³/mol. The molecule has 4 N–H and O–H groups in total. The molecular weight excluding hydrogens is 264 g/mol. The Kier molecular flexibility index (Phi) is 7.60. The van der Waals surface area contributed by atoms with Gasteiger partial charge in [-0.2, -0.15) is 0 Å². The predicted octanol–water partition coefficient (Wildman–Crippen LogP) is -0.846. The molecule has 0 spiro atoms. The first kappa shape index (κ1) is 18.2. The van der Waals surface area contributed by atoms with Gasteiger partial charge in [0.05, 0.1) is 0 Å². The van der Waals surface area contributed by atoms with Crippen molar-refractivity contribution < 1.29 is 19.5 Å². The van der Waals surface area contributed by atoms with Crippen LogP contribution in [-0.4, -0.2) is 72.6 Å². The summed E-state index contributed by atoms with van der Waals surface area (Å²) in [5.41, 5.74) is 5.05. The van der Waals surface area contributed by atoms with Crippen molar-refractivity contribution >= 4 is 17.9 Å². The molecule has 8 heteroatoms. The first-order valence-electron chi connectivity index (χ1n) is 6.36. The van der Waals surface area contributed by atoms with Gasteiger partial charge in [-0.3, -0.25) is 9.59 Å². The molecule has 20 heavy (non-hydrogen) atoms. The Morgan fingerprint density at radius 2 is 1.75 bits per heavy atom. The van der Waals surface area contributed by atoms with Crippen LogP contribution in [0.1, 0.15) is 13.8 Å². The Morgan fingerprint density at radius 3 is 2.10 bits per heavy atom. The number of likely N-dealkylation sites (N-methyl/N-ethyl adjacent to an activating group) is 1. The van der Waals surface area contributed by atoms with Gasteiger partial charge in [-0.1, -0.05) is 13.8 Å². The third-order valence-corrected chi connectivity index (χ3v) is 2.69. The van der Waals surface area contributed by atoms with Gasteiger partial charge in [-0.05, 0) is 20.0 Å². The van der Waals surface area contributed by atoms with E-state index in [4.69, 9.17) is 10.8 Å². The summed E-state index contributed by atoms with van der Waals surface area (Å²) in [6.45, 7) is 3.89. The number of urea groups is 1. The zero-order valence-electron chi connectivity index (χ0n) is 12.4. The van der Waals surface area contributed by atoms with E-state index >= 15 is 0 Å². The standard InChI is InChI=1S/C12H24N4O4/c1-8(2)10(14-12(13)20)11(19)16(7-9(17)18)6-5-15(3)4/h8,10H,5-7H2,1-4H3,(H,17,18)(H3,13,14,20). The fourth-order valence-corrected chi connectivity index (χ4v) is 1.61. The Labute approximate surface area is 118 Å². The number of aliphatic carboxylic acids is 1. The van der Waals surface area contributed by atoms with Crippen LogP contribution < -0.4 is 11.1 Å². The van der Waals surface area contributed by atoms with Crippen LogP contribution in [0.15, 0.2) is 0 Å². The van der Waals surface area contributed by atoms with Gasteiger partial charge in [0.1, 0.15) is 12.6 Å². The van der Waals surface area contributed by atoms with Crippen LogP contribution in [-0.2, 0) is 9.59 Å². The van der Waals surface area contributed by atoms with E-state index in [0.29, 0.717) is 6.54 Å². The molecule has 0 fully saturated rings. The summed E-state index contributed by atoms with van der Waals surface area (Å²) >= 11 is 0. The normalized spacial score (nSPS) is 12.3. The molecule has 0 bridgehead atoms. The molecule has 0 aliphatic rings. The van der Waals surface area contributed by atoms with E-state index in [1.807, 2.05) is 19.0 Å². The van der Waals surface area contributed by atoms with Gasteiger partial charge in [0.2, 0.25) is 5.91 Å². The Morgan fingerprint density at radius 1 is 1.20 bits per heavy atom. The Balaban J connectivity index is 4.94. The van der Waals surface area contributed by atoms with E-state index in [1.165, 1.54) is 4.90 Å². The summed E-state index contributed by atoms with van der Waals surface area (Å²) in [6, 6.07) is -1.63. The lowest BCUT2D eigenvalue weighted by molar-refractivity contribution is -0.145. The number of nitrogens with one attached hydrogen (secondary N) is 1. The van der Waals surface area contributed by atoms with E-state index in [9.17, 15) is 14.4 Å². The van der Waals surface area contributed by atoms with Crippen LogP contribution >= 0.6 is 0 Å². The SMILES string of the molecule is CC(C)C(NC(N)=O)C(=O)N(CCN(C)C)CC(=O)O. The Hall–Kier alpha value is -1.83. The highest BCUT2D eigenvalue weighted by Gasteiger charge is 2.29. The van der Waals surface area contributed by atoms with E-state index in [0.717, 1.165) is 0 Å². The molecule has 1 unspecified atom stereocenters. The lowest BCUT2D eigenvalue weighted by Gasteiger charge is -2.29. The van der Waals surface area contributed by atoms with Crippen molar-refractivity contribution in [2.45, 2.75) is 19.9 Å². The van der Waals surface area contributed by atoms with Crippen LogP contribution in [0.25, 0.3) is 0 Å². The van der Waals surface area contributed by atoms with Crippen LogP contribution in [0.4, 0.5) is 4.79 Å². The molecule has 0 aromatic carbocycles. The maximum atomic E-state index is 12.3. The van der Waals surface area contributed by atoms with E-state index in [1.54, 1.807) is 13.8 Å².